The molecule has 2 unspecified atom stereocenters. The summed E-state index contributed by atoms with van der Waals surface area (Å²) in [5.41, 5.74) is 0. The Bertz CT molecular complexity index is 463. The predicted molar refractivity (Wildman–Crippen MR) is 67.7 cm³/mol. The minimum absolute atomic E-state index is 0.0208. The van der Waals surface area contributed by atoms with E-state index in [0.717, 1.165) is 12.8 Å². The van der Waals surface area contributed by atoms with Gasteiger partial charge >= 0.3 is 12.0 Å². The maximum Gasteiger partial charge on any atom is 0.317 e. The van der Waals surface area contributed by atoms with Crippen LogP contribution >= 0.6 is 0 Å². The number of aromatic amines is 1. The van der Waals surface area contributed by atoms with Crippen molar-refractivity contribution in [2.45, 2.75) is 32.2 Å². The smallest absolute Gasteiger partial charge is 0.317 e. The molecule has 1 aliphatic rings. The summed E-state index contributed by atoms with van der Waals surface area (Å²) in [6, 6.07) is -0.571. The normalized spacial score (nSPS) is 20.4. The van der Waals surface area contributed by atoms with Gasteiger partial charge in [0.2, 0.25) is 0 Å². The van der Waals surface area contributed by atoms with Crippen molar-refractivity contribution in [3.63, 3.8) is 0 Å². The van der Waals surface area contributed by atoms with Crippen molar-refractivity contribution in [2.24, 2.45) is 5.92 Å². The molecule has 2 amide bonds. The Balaban J connectivity index is 1.87. The second-order valence-electron chi connectivity index (χ2n) is 4.99. The molecule has 20 heavy (non-hydrogen) atoms. The van der Waals surface area contributed by atoms with Gasteiger partial charge in [0.05, 0.1) is 6.04 Å². The molecule has 0 aliphatic carbocycles. The van der Waals surface area contributed by atoms with Crippen molar-refractivity contribution in [3.8, 4) is 0 Å². The van der Waals surface area contributed by atoms with Gasteiger partial charge in [0.25, 0.3) is 0 Å². The number of carbonyl (C=O) groups excluding carboxylic acids is 1. The Morgan fingerprint density at radius 1 is 1.60 bits per heavy atom. The molecule has 9 heteroatoms. The largest absolute Gasteiger partial charge is 0.481 e. The van der Waals surface area contributed by atoms with Crippen LogP contribution in [0.25, 0.3) is 0 Å². The van der Waals surface area contributed by atoms with Gasteiger partial charge in [0.1, 0.15) is 0 Å². The van der Waals surface area contributed by atoms with Gasteiger partial charge in [-0.25, -0.2) is 4.79 Å². The van der Waals surface area contributed by atoms with E-state index in [1.54, 1.807) is 11.8 Å². The number of rotatable bonds is 4. The minimum atomic E-state index is -0.822. The summed E-state index contributed by atoms with van der Waals surface area (Å²) in [5.74, 6) is -0.387. The van der Waals surface area contributed by atoms with E-state index in [1.807, 2.05) is 0 Å². The molecule has 0 bridgehead atoms. The molecule has 2 heterocycles. The first-order valence-electron chi connectivity index (χ1n) is 6.57. The van der Waals surface area contributed by atoms with Crippen LogP contribution in [0.15, 0.2) is 0 Å². The number of aliphatic carboxylic acids is 1. The lowest BCUT2D eigenvalue weighted by atomic mass is 9.95. The van der Waals surface area contributed by atoms with Gasteiger partial charge in [-0.1, -0.05) is 5.21 Å². The van der Waals surface area contributed by atoms with Crippen LogP contribution in [0, 0.1) is 5.92 Å². The first kappa shape index (κ1) is 14.2. The monoisotopic (exact) mass is 282 g/mol. The second kappa shape index (κ2) is 6.31. The van der Waals surface area contributed by atoms with Crippen LogP contribution < -0.4 is 5.32 Å². The maximum atomic E-state index is 12.1. The van der Waals surface area contributed by atoms with E-state index in [-0.39, 0.29) is 24.4 Å². The third-order valence-electron chi connectivity index (χ3n) is 3.36. The summed E-state index contributed by atoms with van der Waals surface area (Å²) in [6.45, 7) is 2.87. The van der Waals surface area contributed by atoms with Crippen LogP contribution in [-0.2, 0) is 4.79 Å². The first-order chi connectivity index (χ1) is 9.56. The summed E-state index contributed by atoms with van der Waals surface area (Å²) >= 11 is 0. The molecule has 2 atom stereocenters. The highest BCUT2D eigenvalue weighted by atomic mass is 16.4. The second-order valence-corrected chi connectivity index (χ2v) is 4.99. The molecule has 1 saturated heterocycles. The number of carboxylic acids is 1. The molecule has 1 aromatic rings. The van der Waals surface area contributed by atoms with E-state index in [2.05, 4.69) is 25.9 Å². The van der Waals surface area contributed by atoms with Gasteiger partial charge in [-0.3, -0.25) is 4.79 Å². The number of carboxylic acid groups (broad SMARTS) is 1. The number of piperidine rings is 1. The number of amides is 2. The molecule has 1 aromatic heterocycles. The maximum absolute atomic E-state index is 12.1. The van der Waals surface area contributed by atoms with Gasteiger partial charge in [-0.2, -0.15) is 5.21 Å². The Hall–Kier alpha value is -2.19. The molecule has 110 valence electrons. The van der Waals surface area contributed by atoms with Crippen LogP contribution in [0.3, 0.4) is 0 Å². The van der Waals surface area contributed by atoms with E-state index in [1.165, 1.54) is 0 Å². The minimum Gasteiger partial charge on any atom is -0.481 e. The number of urea groups is 1. The summed E-state index contributed by atoms with van der Waals surface area (Å²) in [7, 11) is 0. The zero-order valence-electron chi connectivity index (χ0n) is 11.2. The predicted octanol–water partition coefficient (Wildman–Crippen LogP) is 0.157. The number of H-pyrrole nitrogens is 1. The summed E-state index contributed by atoms with van der Waals surface area (Å²) in [5, 5.41) is 25.0. The van der Waals surface area contributed by atoms with Gasteiger partial charge < -0.3 is 15.3 Å². The standard InChI is InChI=1S/C11H18N6O3/c1-7(10-13-15-16-14-10)12-11(20)17-4-2-3-8(6-17)5-9(18)19/h7-8H,2-6H2,1H3,(H,12,20)(H,18,19)(H,13,14,15,16). The van der Waals surface area contributed by atoms with Gasteiger partial charge in [-0.15, -0.1) is 10.2 Å². The highest BCUT2D eigenvalue weighted by Crippen LogP contribution is 2.20. The molecule has 9 nitrogen and oxygen atoms in total. The lowest BCUT2D eigenvalue weighted by Crippen LogP contribution is -2.46. The Labute approximate surface area is 115 Å². The van der Waals surface area contributed by atoms with Gasteiger partial charge in [0, 0.05) is 19.5 Å². The highest BCUT2D eigenvalue weighted by Gasteiger charge is 2.26. The van der Waals surface area contributed by atoms with Crippen molar-refractivity contribution in [1.82, 2.24) is 30.8 Å². The number of carbonyl (C=O) groups is 2. The van der Waals surface area contributed by atoms with Crippen LogP contribution in [0.1, 0.15) is 38.1 Å². The van der Waals surface area contributed by atoms with Crippen LogP contribution in [0.2, 0.25) is 0 Å². The fourth-order valence-electron chi connectivity index (χ4n) is 2.36. The van der Waals surface area contributed by atoms with E-state index < -0.39 is 5.97 Å². The summed E-state index contributed by atoms with van der Waals surface area (Å²) in [4.78, 5) is 24.5. The molecule has 0 saturated carbocycles. The number of tetrazole rings is 1. The number of hydrogen-bond acceptors (Lipinski definition) is 5. The van der Waals surface area contributed by atoms with E-state index in [9.17, 15) is 9.59 Å². The zero-order chi connectivity index (χ0) is 14.5. The van der Waals surface area contributed by atoms with Crippen LogP contribution in [0.5, 0.6) is 0 Å². The Morgan fingerprint density at radius 2 is 2.40 bits per heavy atom. The van der Waals surface area contributed by atoms with E-state index >= 15 is 0 Å². The fourth-order valence-corrected chi connectivity index (χ4v) is 2.36. The van der Waals surface area contributed by atoms with Crippen molar-refractivity contribution in [1.29, 1.82) is 0 Å². The molecule has 0 aromatic carbocycles. The quantitative estimate of drug-likeness (QED) is 0.722. The van der Waals surface area contributed by atoms with Crippen LogP contribution in [-0.4, -0.2) is 55.7 Å². The topological polar surface area (TPSA) is 124 Å². The third kappa shape index (κ3) is 3.65. The third-order valence-corrected chi connectivity index (χ3v) is 3.36. The Kier molecular flexibility index (Phi) is 4.49. The van der Waals surface area contributed by atoms with E-state index in [4.69, 9.17) is 5.11 Å². The van der Waals surface area contributed by atoms with Crippen LogP contribution in [0.4, 0.5) is 4.79 Å². The molecule has 0 spiro atoms. The lowest BCUT2D eigenvalue weighted by Gasteiger charge is -2.32. The molecule has 1 fully saturated rings. The van der Waals surface area contributed by atoms with Crippen molar-refractivity contribution >= 4 is 12.0 Å². The summed E-state index contributed by atoms with van der Waals surface area (Å²) < 4.78 is 0. The molecular weight excluding hydrogens is 264 g/mol. The summed E-state index contributed by atoms with van der Waals surface area (Å²) in [6.07, 6.45) is 1.77. The first-order valence-corrected chi connectivity index (χ1v) is 6.57. The fraction of sp³-hybridized carbons (Fsp3) is 0.727. The zero-order valence-corrected chi connectivity index (χ0v) is 11.2. The molecule has 0 radical (unpaired) electrons. The van der Waals surface area contributed by atoms with Crippen molar-refractivity contribution in [2.75, 3.05) is 13.1 Å². The van der Waals surface area contributed by atoms with E-state index in [0.29, 0.717) is 18.9 Å². The number of aromatic nitrogens is 4. The number of nitrogens with zero attached hydrogens (tertiary/aromatic N) is 4. The Morgan fingerprint density at radius 3 is 3.05 bits per heavy atom. The highest BCUT2D eigenvalue weighted by molar-refractivity contribution is 5.75. The molecule has 2 rings (SSSR count). The number of likely N-dealkylation sites (tertiary alicyclic amines) is 1. The number of nitrogens with one attached hydrogen (secondary N) is 2. The molecular formula is C11H18N6O3. The van der Waals surface area contributed by atoms with Crippen molar-refractivity contribution in [3.05, 3.63) is 5.82 Å². The molecule has 3 N–H and O–H groups in total. The van der Waals surface area contributed by atoms with Gasteiger partial charge in [-0.05, 0) is 25.7 Å². The lowest BCUT2D eigenvalue weighted by molar-refractivity contribution is -0.138. The SMILES string of the molecule is CC(NC(=O)N1CCCC(CC(=O)O)C1)c1nn[nH]n1. The number of hydrogen-bond donors (Lipinski definition) is 3. The molecule has 1 aliphatic heterocycles. The van der Waals surface area contributed by atoms with Crippen molar-refractivity contribution < 1.29 is 14.7 Å². The van der Waals surface area contributed by atoms with Gasteiger partial charge in [0.15, 0.2) is 5.82 Å². The average Bonchev–Trinajstić information content (AvgIpc) is 2.92. The average molecular weight is 282 g/mol.